The van der Waals surface area contributed by atoms with Gasteiger partial charge in [-0.2, -0.15) is 5.26 Å². The van der Waals surface area contributed by atoms with Crippen molar-refractivity contribution in [2.75, 3.05) is 13.1 Å². The van der Waals surface area contributed by atoms with Crippen LogP contribution in [0.1, 0.15) is 29.5 Å². The highest BCUT2D eigenvalue weighted by Gasteiger charge is 2.32. The Bertz CT molecular complexity index is 1210. The van der Waals surface area contributed by atoms with Crippen LogP contribution in [0, 0.1) is 29.0 Å². The van der Waals surface area contributed by atoms with Crippen LogP contribution in [-0.4, -0.2) is 54.8 Å². The number of hydrogen-bond donors (Lipinski definition) is 1. The number of piperidine rings is 1. The lowest BCUT2D eigenvalue weighted by Crippen LogP contribution is -2.46. The van der Waals surface area contributed by atoms with Crippen molar-refractivity contribution in [3.63, 3.8) is 0 Å². The molecule has 1 aliphatic rings. The van der Waals surface area contributed by atoms with Crippen LogP contribution < -0.4 is 0 Å². The number of carbonyl (C=O) groups is 1. The van der Waals surface area contributed by atoms with Crippen molar-refractivity contribution >= 4 is 5.91 Å². The van der Waals surface area contributed by atoms with Gasteiger partial charge in [0.2, 0.25) is 5.91 Å². The normalized spacial score (nSPS) is 14.8. The third-order valence-corrected chi connectivity index (χ3v) is 5.37. The maximum Gasteiger partial charge on any atom is 0.226 e. The van der Waals surface area contributed by atoms with Gasteiger partial charge in [0.25, 0.3) is 0 Å². The van der Waals surface area contributed by atoms with Gasteiger partial charge in [0.05, 0.1) is 17.7 Å². The van der Waals surface area contributed by atoms with Crippen LogP contribution in [0.4, 0.5) is 4.39 Å². The number of aromatic nitrogens is 4. The zero-order valence-electron chi connectivity index (χ0n) is 17.1. The molecule has 8 nitrogen and oxygen atoms in total. The number of carbonyl (C=O) groups excluding carboxylic acids is 1. The molecule has 1 aromatic heterocycles. The lowest BCUT2D eigenvalue weighted by atomic mass is 9.91. The average Bonchev–Trinajstić information content (AvgIpc) is 3.34. The number of rotatable bonds is 3. The summed E-state index contributed by atoms with van der Waals surface area (Å²) in [5.41, 5.74) is 0.814. The van der Waals surface area contributed by atoms with Crippen molar-refractivity contribution in [3.8, 4) is 23.6 Å². The fourth-order valence-corrected chi connectivity index (χ4v) is 3.46. The Morgan fingerprint density at radius 2 is 1.94 bits per heavy atom. The van der Waals surface area contributed by atoms with E-state index in [1.807, 2.05) is 24.3 Å². The highest BCUT2D eigenvalue weighted by molar-refractivity contribution is 5.79. The van der Waals surface area contributed by atoms with Crippen LogP contribution >= 0.6 is 0 Å². The summed E-state index contributed by atoms with van der Waals surface area (Å²) in [5.74, 6) is 5.03. The van der Waals surface area contributed by atoms with E-state index in [4.69, 9.17) is 5.26 Å². The van der Waals surface area contributed by atoms with E-state index < -0.39 is 11.4 Å². The number of nitriles is 1. The van der Waals surface area contributed by atoms with Gasteiger partial charge in [0.15, 0.2) is 0 Å². The summed E-state index contributed by atoms with van der Waals surface area (Å²) in [6.45, 7) is 0.777. The second-order valence-corrected chi connectivity index (χ2v) is 7.57. The van der Waals surface area contributed by atoms with Crippen LogP contribution in [0.3, 0.4) is 0 Å². The lowest BCUT2D eigenvalue weighted by Gasteiger charge is -2.35. The van der Waals surface area contributed by atoms with E-state index >= 15 is 0 Å². The Morgan fingerprint density at radius 1 is 1.19 bits per heavy atom. The molecule has 0 aliphatic carbocycles. The standard InChI is InChI=1S/C23H19FN6O2/c24-21-6-3-18(13-19(21)15-25)7-8-23(32)9-11-29(12-10-23)22(31)14-17-1-4-20(5-2-17)30-16-26-27-28-30/h1-6,13,16,32H,9-12,14H2. The summed E-state index contributed by atoms with van der Waals surface area (Å²) in [4.78, 5) is 14.4. The third-order valence-electron chi connectivity index (χ3n) is 5.37. The minimum Gasteiger partial charge on any atom is -0.377 e. The van der Waals surface area contributed by atoms with E-state index in [1.54, 1.807) is 11.0 Å². The largest absolute Gasteiger partial charge is 0.377 e. The van der Waals surface area contributed by atoms with Crippen molar-refractivity contribution in [1.29, 1.82) is 5.26 Å². The second kappa shape index (κ2) is 8.96. The molecule has 0 spiro atoms. The Morgan fingerprint density at radius 3 is 2.59 bits per heavy atom. The predicted octanol–water partition coefficient (Wildman–Crippen LogP) is 1.62. The summed E-state index contributed by atoms with van der Waals surface area (Å²) in [6.07, 6.45) is 2.38. The molecule has 0 radical (unpaired) electrons. The molecule has 4 rings (SSSR count). The number of nitrogens with zero attached hydrogens (tertiary/aromatic N) is 6. The number of halogens is 1. The van der Waals surface area contributed by atoms with Crippen molar-refractivity contribution in [2.24, 2.45) is 0 Å². The molecule has 0 bridgehead atoms. The molecule has 1 aliphatic heterocycles. The van der Waals surface area contributed by atoms with Crippen molar-refractivity contribution < 1.29 is 14.3 Å². The summed E-state index contributed by atoms with van der Waals surface area (Å²) < 4.78 is 15.0. The van der Waals surface area contributed by atoms with Gasteiger partial charge in [-0.25, -0.2) is 9.07 Å². The topological polar surface area (TPSA) is 108 Å². The van der Waals surface area contributed by atoms with Crippen LogP contribution in [-0.2, 0) is 11.2 Å². The molecule has 160 valence electrons. The van der Waals surface area contributed by atoms with E-state index in [1.165, 1.54) is 29.2 Å². The zero-order chi connectivity index (χ0) is 22.6. The SMILES string of the molecule is N#Cc1cc(C#CC2(O)CCN(C(=O)Cc3ccc(-n4cnnn4)cc3)CC2)ccc1F. The third kappa shape index (κ3) is 4.80. The monoisotopic (exact) mass is 430 g/mol. The van der Waals surface area contributed by atoms with Crippen LogP contribution in [0.25, 0.3) is 5.69 Å². The number of benzene rings is 2. The summed E-state index contributed by atoms with van der Waals surface area (Å²) in [6, 6.07) is 13.2. The van der Waals surface area contributed by atoms with E-state index in [9.17, 15) is 14.3 Å². The molecule has 1 amide bonds. The Hall–Kier alpha value is -4.08. The van der Waals surface area contributed by atoms with Crippen molar-refractivity contribution in [2.45, 2.75) is 24.9 Å². The quantitative estimate of drug-likeness (QED) is 0.633. The average molecular weight is 430 g/mol. The summed E-state index contributed by atoms with van der Waals surface area (Å²) in [7, 11) is 0. The van der Waals surface area contributed by atoms with Gasteiger partial charge < -0.3 is 10.0 Å². The molecule has 1 saturated heterocycles. The maximum atomic E-state index is 13.4. The predicted molar refractivity (Wildman–Crippen MR) is 112 cm³/mol. The number of aliphatic hydroxyl groups is 1. The number of tetrazole rings is 1. The Labute approximate surface area is 183 Å². The summed E-state index contributed by atoms with van der Waals surface area (Å²) in [5, 5.41) is 30.7. The van der Waals surface area contributed by atoms with E-state index in [-0.39, 0.29) is 17.9 Å². The highest BCUT2D eigenvalue weighted by atomic mass is 19.1. The zero-order valence-corrected chi connectivity index (χ0v) is 17.1. The lowest BCUT2D eigenvalue weighted by molar-refractivity contribution is -0.133. The first-order chi connectivity index (χ1) is 15.5. The van der Waals surface area contributed by atoms with E-state index in [0.29, 0.717) is 31.5 Å². The fourth-order valence-electron chi connectivity index (χ4n) is 3.46. The minimum atomic E-state index is -1.23. The van der Waals surface area contributed by atoms with Gasteiger partial charge in [-0.05, 0) is 46.3 Å². The first-order valence-electron chi connectivity index (χ1n) is 10.0. The fraction of sp³-hybridized carbons (Fsp3) is 0.261. The van der Waals surface area contributed by atoms with Crippen molar-refractivity contribution in [1.82, 2.24) is 25.1 Å². The molecule has 9 heteroatoms. The van der Waals surface area contributed by atoms with E-state index in [0.717, 1.165) is 11.3 Å². The molecular weight excluding hydrogens is 411 g/mol. The Kier molecular flexibility index (Phi) is 5.93. The molecule has 1 N–H and O–H groups in total. The number of likely N-dealkylation sites (tertiary alicyclic amines) is 1. The highest BCUT2D eigenvalue weighted by Crippen LogP contribution is 2.22. The molecule has 1 fully saturated rings. The van der Waals surface area contributed by atoms with Crippen LogP contribution in [0.5, 0.6) is 0 Å². The molecule has 3 aromatic rings. The van der Waals surface area contributed by atoms with Gasteiger partial charge in [0.1, 0.15) is 23.8 Å². The van der Waals surface area contributed by atoms with Gasteiger partial charge >= 0.3 is 0 Å². The van der Waals surface area contributed by atoms with Gasteiger partial charge in [-0.15, -0.1) is 5.10 Å². The van der Waals surface area contributed by atoms with Crippen LogP contribution in [0.2, 0.25) is 0 Å². The molecule has 0 unspecified atom stereocenters. The molecule has 0 atom stereocenters. The minimum absolute atomic E-state index is 0.0209. The number of amides is 1. The molecule has 2 aromatic carbocycles. The second-order valence-electron chi connectivity index (χ2n) is 7.57. The van der Waals surface area contributed by atoms with Gasteiger partial charge in [-0.1, -0.05) is 24.0 Å². The summed E-state index contributed by atoms with van der Waals surface area (Å²) >= 11 is 0. The molecule has 2 heterocycles. The van der Waals surface area contributed by atoms with Crippen molar-refractivity contribution in [3.05, 3.63) is 71.3 Å². The molecule has 32 heavy (non-hydrogen) atoms. The first kappa shape index (κ1) is 21.2. The van der Waals surface area contributed by atoms with Gasteiger partial charge in [0, 0.05) is 31.5 Å². The molecule has 0 saturated carbocycles. The molecular formula is C23H19FN6O2. The van der Waals surface area contributed by atoms with E-state index in [2.05, 4.69) is 27.4 Å². The smallest absolute Gasteiger partial charge is 0.226 e. The van der Waals surface area contributed by atoms with Crippen LogP contribution in [0.15, 0.2) is 48.8 Å². The first-order valence-corrected chi connectivity index (χ1v) is 10.0. The Balaban J connectivity index is 1.34. The maximum absolute atomic E-state index is 13.4. The number of hydrogen-bond acceptors (Lipinski definition) is 6. The van der Waals surface area contributed by atoms with Gasteiger partial charge in [-0.3, -0.25) is 4.79 Å².